The minimum absolute atomic E-state index is 0. The number of nitrogens with zero attached hydrogens (tertiary/aromatic N) is 2. The van der Waals surface area contributed by atoms with Crippen molar-refractivity contribution >= 4 is 41.2 Å². The number of hydrogen-bond donors (Lipinski definition) is 1. The summed E-state index contributed by atoms with van der Waals surface area (Å²) in [6.45, 7) is 2.83. The lowest BCUT2D eigenvalue weighted by Gasteiger charge is -2.32. The van der Waals surface area contributed by atoms with E-state index in [1.165, 1.54) is 4.90 Å². The van der Waals surface area contributed by atoms with Crippen molar-refractivity contribution in [3.05, 3.63) is 35.4 Å². The minimum Gasteiger partial charge on any atom is -0.339 e. The number of likely N-dealkylation sites (tertiary alicyclic amines) is 1. The molecule has 0 unspecified atom stereocenters. The van der Waals surface area contributed by atoms with Gasteiger partial charge in [0.05, 0.1) is 12.3 Å². The number of carbonyl (C=O) groups excluding carboxylic acids is 3. The predicted molar refractivity (Wildman–Crippen MR) is 109 cm³/mol. The molecule has 2 saturated heterocycles. The predicted octanol–water partition coefficient (Wildman–Crippen LogP) is 2.77. The van der Waals surface area contributed by atoms with Crippen molar-refractivity contribution in [3.8, 4) is 0 Å². The number of benzene rings is 1. The summed E-state index contributed by atoms with van der Waals surface area (Å²) >= 11 is 1.03. The Hall–Kier alpha value is -1.57. The molecule has 1 N–H and O–H groups in total. The number of rotatable bonds is 6. The van der Waals surface area contributed by atoms with E-state index in [1.54, 1.807) is 12.1 Å². The monoisotopic (exact) mass is 411 g/mol. The normalized spacial score (nSPS) is 18.0. The van der Waals surface area contributed by atoms with E-state index in [2.05, 4.69) is 5.32 Å². The quantitative estimate of drug-likeness (QED) is 0.779. The van der Waals surface area contributed by atoms with Crippen molar-refractivity contribution < 1.29 is 14.4 Å². The number of carbonyl (C=O) groups is 3. The van der Waals surface area contributed by atoms with Crippen LogP contribution in [0.4, 0.5) is 4.79 Å². The maximum absolute atomic E-state index is 12.8. The second-order valence-electron chi connectivity index (χ2n) is 6.86. The molecule has 6 nitrogen and oxygen atoms in total. The molecule has 1 aromatic rings. The Kier molecular flexibility index (Phi) is 8.13. The first kappa shape index (κ1) is 21.7. The summed E-state index contributed by atoms with van der Waals surface area (Å²) in [5.74, 6) is 0.759. The van der Waals surface area contributed by atoms with Gasteiger partial charge in [0.1, 0.15) is 0 Å². The number of halogens is 1. The first-order chi connectivity index (χ1) is 12.6. The molecule has 8 heteroatoms. The fraction of sp³-hybridized carbons (Fsp3) is 0.526. The Balaban J connectivity index is 0.00000261. The van der Waals surface area contributed by atoms with Crippen LogP contribution in [-0.4, -0.2) is 59.3 Å². The number of nitrogens with one attached hydrogen (secondary N) is 1. The van der Waals surface area contributed by atoms with Crippen LogP contribution < -0.4 is 5.32 Å². The van der Waals surface area contributed by atoms with Crippen molar-refractivity contribution in [2.45, 2.75) is 25.8 Å². The van der Waals surface area contributed by atoms with Gasteiger partial charge in [0.15, 0.2) is 0 Å². The van der Waals surface area contributed by atoms with Crippen LogP contribution in [0, 0.1) is 5.92 Å². The van der Waals surface area contributed by atoms with Gasteiger partial charge in [-0.1, -0.05) is 23.9 Å². The van der Waals surface area contributed by atoms with Gasteiger partial charge in [-0.15, -0.1) is 12.4 Å². The number of thioether (sulfide) groups is 1. The van der Waals surface area contributed by atoms with Crippen LogP contribution in [0.5, 0.6) is 0 Å². The smallest absolute Gasteiger partial charge is 0.289 e. The third-order valence-corrected chi connectivity index (χ3v) is 5.92. The standard InChI is InChI=1S/C19H25N3O3S.ClH/c1-20-8-5-14-6-9-21(10-7-14)18(24)16-4-2-3-15(11-16)12-22-17(23)13-26-19(22)25;/h2-4,11,14,20H,5-10,12-13H2,1H3;1H. The van der Waals surface area contributed by atoms with Crippen LogP contribution in [0.2, 0.25) is 0 Å². The average Bonchev–Trinajstić information content (AvgIpc) is 2.98. The average molecular weight is 412 g/mol. The lowest BCUT2D eigenvalue weighted by molar-refractivity contribution is -0.125. The fourth-order valence-electron chi connectivity index (χ4n) is 3.47. The van der Waals surface area contributed by atoms with Crippen LogP contribution in [-0.2, 0) is 11.3 Å². The molecule has 0 spiro atoms. The van der Waals surface area contributed by atoms with E-state index in [0.717, 1.165) is 56.2 Å². The molecular weight excluding hydrogens is 386 g/mol. The molecule has 0 aliphatic carbocycles. The first-order valence-electron chi connectivity index (χ1n) is 9.08. The molecule has 0 atom stereocenters. The van der Waals surface area contributed by atoms with E-state index in [9.17, 15) is 14.4 Å². The Morgan fingerprint density at radius 3 is 2.63 bits per heavy atom. The van der Waals surface area contributed by atoms with E-state index in [4.69, 9.17) is 0 Å². The molecule has 3 amide bonds. The highest BCUT2D eigenvalue weighted by atomic mass is 35.5. The van der Waals surface area contributed by atoms with Crippen LogP contribution in [0.15, 0.2) is 24.3 Å². The zero-order chi connectivity index (χ0) is 18.5. The molecule has 2 aliphatic rings. The van der Waals surface area contributed by atoms with Gasteiger partial charge in [0, 0.05) is 18.7 Å². The molecule has 27 heavy (non-hydrogen) atoms. The highest BCUT2D eigenvalue weighted by Crippen LogP contribution is 2.23. The van der Waals surface area contributed by atoms with Crippen LogP contribution in [0.3, 0.4) is 0 Å². The topological polar surface area (TPSA) is 69.7 Å². The van der Waals surface area contributed by atoms with Crippen molar-refractivity contribution in [1.29, 1.82) is 0 Å². The van der Waals surface area contributed by atoms with Gasteiger partial charge in [-0.05, 0) is 56.5 Å². The van der Waals surface area contributed by atoms with Gasteiger partial charge in [0.25, 0.3) is 11.1 Å². The van der Waals surface area contributed by atoms with Crippen LogP contribution in [0.25, 0.3) is 0 Å². The van der Waals surface area contributed by atoms with Crippen LogP contribution >= 0.6 is 24.2 Å². The van der Waals surface area contributed by atoms with Gasteiger partial charge >= 0.3 is 0 Å². The zero-order valence-corrected chi connectivity index (χ0v) is 17.1. The third kappa shape index (κ3) is 5.46. The van der Waals surface area contributed by atoms with Crippen LogP contribution in [0.1, 0.15) is 35.2 Å². The first-order valence-corrected chi connectivity index (χ1v) is 10.1. The van der Waals surface area contributed by atoms with Gasteiger partial charge in [-0.25, -0.2) is 0 Å². The molecule has 0 aromatic heterocycles. The number of imide groups is 1. The lowest BCUT2D eigenvalue weighted by atomic mass is 9.93. The van der Waals surface area contributed by atoms with Crippen molar-refractivity contribution in [2.75, 3.05) is 32.4 Å². The molecule has 0 radical (unpaired) electrons. The summed E-state index contributed by atoms with van der Waals surface area (Å²) in [6.07, 6.45) is 3.24. The van der Waals surface area contributed by atoms with Crippen molar-refractivity contribution in [1.82, 2.24) is 15.1 Å². The van der Waals surface area contributed by atoms with Gasteiger partial charge in [0.2, 0.25) is 5.91 Å². The van der Waals surface area contributed by atoms with Gasteiger partial charge in [-0.3, -0.25) is 19.3 Å². The molecular formula is C19H26ClN3O3S. The van der Waals surface area contributed by atoms with E-state index in [-0.39, 0.29) is 41.8 Å². The number of amides is 3. The third-order valence-electron chi connectivity index (χ3n) is 5.06. The van der Waals surface area contributed by atoms with Gasteiger partial charge in [-0.2, -0.15) is 0 Å². The highest BCUT2D eigenvalue weighted by Gasteiger charge is 2.30. The summed E-state index contributed by atoms with van der Waals surface area (Å²) in [7, 11) is 1.97. The van der Waals surface area contributed by atoms with E-state index >= 15 is 0 Å². The molecule has 2 aliphatic heterocycles. The van der Waals surface area contributed by atoms with E-state index in [0.29, 0.717) is 11.5 Å². The molecule has 1 aromatic carbocycles. The Morgan fingerprint density at radius 1 is 1.26 bits per heavy atom. The Bertz CT molecular complexity index is 677. The zero-order valence-electron chi connectivity index (χ0n) is 15.5. The summed E-state index contributed by atoms with van der Waals surface area (Å²) in [5.41, 5.74) is 1.44. The maximum Gasteiger partial charge on any atom is 0.289 e. The number of piperidine rings is 1. The SMILES string of the molecule is CNCCC1CCN(C(=O)c2cccc(CN3C(=O)CSC3=O)c2)CC1.Cl. The number of hydrogen-bond acceptors (Lipinski definition) is 5. The minimum atomic E-state index is -0.213. The molecule has 0 bridgehead atoms. The molecule has 148 valence electrons. The maximum atomic E-state index is 12.8. The fourth-order valence-corrected chi connectivity index (χ4v) is 4.20. The molecule has 0 saturated carbocycles. The van der Waals surface area contributed by atoms with E-state index < -0.39 is 0 Å². The summed E-state index contributed by atoms with van der Waals surface area (Å²) in [5, 5.41) is 2.97. The lowest BCUT2D eigenvalue weighted by Crippen LogP contribution is -2.39. The summed E-state index contributed by atoms with van der Waals surface area (Å²) < 4.78 is 0. The van der Waals surface area contributed by atoms with Gasteiger partial charge < -0.3 is 10.2 Å². The Labute approximate surface area is 170 Å². The largest absolute Gasteiger partial charge is 0.339 e. The molecule has 2 fully saturated rings. The summed E-state index contributed by atoms with van der Waals surface area (Å²) in [6, 6.07) is 7.28. The molecule has 3 rings (SSSR count). The molecule has 2 heterocycles. The highest BCUT2D eigenvalue weighted by molar-refractivity contribution is 8.14. The summed E-state index contributed by atoms with van der Waals surface area (Å²) in [4.78, 5) is 39.5. The second-order valence-corrected chi connectivity index (χ2v) is 7.79. The Morgan fingerprint density at radius 2 is 2.00 bits per heavy atom. The van der Waals surface area contributed by atoms with E-state index in [1.807, 2.05) is 24.1 Å². The van der Waals surface area contributed by atoms with Crippen molar-refractivity contribution in [3.63, 3.8) is 0 Å². The van der Waals surface area contributed by atoms with Crippen molar-refractivity contribution in [2.24, 2.45) is 5.92 Å². The second kappa shape index (κ2) is 10.1.